The molecule has 2 rings (SSSR count). The average molecular weight is 336 g/mol. The molecule has 1 atom stereocenters. The van der Waals surface area contributed by atoms with Gasteiger partial charge >= 0.3 is 0 Å². The van der Waals surface area contributed by atoms with E-state index in [1.807, 2.05) is 6.26 Å². The van der Waals surface area contributed by atoms with E-state index >= 15 is 0 Å². The lowest BCUT2D eigenvalue weighted by Gasteiger charge is -2.11. The molecule has 0 saturated heterocycles. The summed E-state index contributed by atoms with van der Waals surface area (Å²) in [5.41, 5.74) is 0.975. The zero-order valence-electron chi connectivity index (χ0n) is 11.4. The topological polar surface area (TPSA) is 78.7 Å². The molecule has 0 aliphatic carbocycles. The fourth-order valence-electron chi connectivity index (χ4n) is 1.46. The molecule has 0 radical (unpaired) electrons. The average Bonchev–Trinajstić information content (AvgIpc) is 2.95. The van der Waals surface area contributed by atoms with Gasteiger partial charge in [-0.25, -0.2) is 0 Å². The molecule has 1 heterocycles. The SMILES string of the molecule is CSc1nnc(S[C@@H](C)C(=O)Nc2ccccc2C#N)s1. The van der Waals surface area contributed by atoms with E-state index in [4.69, 9.17) is 5.26 Å². The predicted octanol–water partition coefficient (Wildman–Crippen LogP) is 3.25. The molecule has 0 aliphatic heterocycles. The second-order valence-electron chi connectivity index (χ2n) is 3.94. The Balaban J connectivity index is 2.01. The molecule has 5 nitrogen and oxygen atoms in total. The van der Waals surface area contributed by atoms with Crippen LogP contribution in [0, 0.1) is 11.3 Å². The van der Waals surface area contributed by atoms with Crippen molar-refractivity contribution in [3.05, 3.63) is 29.8 Å². The minimum Gasteiger partial charge on any atom is -0.324 e. The van der Waals surface area contributed by atoms with Crippen LogP contribution in [-0.4, -0.2) is 27.6 Å². The van der Waals surface area contributed by atoms with Crippen molar-refractivity contribution >= 4 is 46.5 Å². The number of nitriles is 1. The van der Waals surface area contributed by atoms with Gasteiger partial charge in [-0.3, -0.25) is 4.79 Å². The first-order valence-corrected chi connectivity index (χ1v) is 8.90. The summed E-state index contributed by atoms with van der Waals surface area (Å²) in [6.07, 6.45) is 1.93. The summed E-state index contributed by atoms with van der Waals surface area (Å²) in [5.74, 6) is -0.163. The number of nitrogens with one attached hydrogen (secondary N) is 1. The van der Waals surface area contributed by atoms with Crippen molar-refractivity contribution in [3.8, 4) is 6.07 Å². The van der Waals surface area contributed by atoms with E-state index in [-0.39, 0.29) is 11.2 Å². The number of carbonyl (C=O) groups is 1. The largest absolute Gasteiger partial charge is 0.324 e. The Morgan fingerprint density at radius 2 is 2.10 bits per heavy atom. The standard InChI is InChI=1S/C13H12N4OS3/c1-8(20-13-17-16-12(19-2)21-13)11(18)15-10-6-4-3-5-9(10)7-14/h3-6,8H,1-2H3,(H,15,18)/t8-/m0/s1. The first-order chi connectivity index (χ1) is 10.1. The van der Waals surface area contributed by atoms with Crippen molar-refractivity contribution in [2.75, 3.05) is 11.6 Å². The molecule has 21 heavy (non-hydrogen) atoms. The lowest BCUT2D eigenvalue weighted by Crippen LogP contribution is -2.22. The van der Waals surface area contributed by atoms with Crippen LogP contribution in [0.3, 0.4) is 0 Å². The molecule has 8 heteroatoms. The fourth-order valence-corrected chi connectivity index (χ4v) is 4.04. The predicted molar refractivity (Wildman–Crippen MR) is 86.8 cm³/mol. The first-order valence-electron chi connectivity index (χ1n) is 5.98. The number of benzene rings is 1. The number of nitrogens with zero attached hydrogens (tertiary/aromatic N) is 3. The van der Waals surface area contributed by atoms with Crippen LogP contribution in [0.4, 0.5) is 5.69 Å². The maximum atomic E-state index is 12.2. The van der Waals surface area contributed by atoms with E-state index in [9.17, 15) is 4.79 Å². The molecule has 108 valence electrons. The monoisotopic (exact) mass is 336 g/mol. The highest BCUT2D eigenvalue weighted by Crippen LogP contribution is 2.30. The van der Waals surface area contributed by atoms with Gasteiger partial charge in [0.1, 0.15) is 6.07 Å². The molecule has 0 aliphatic rings. The maximum absolute atomic E-state index is 12.2. The molecule has 1 aromatic heterocycles. The molecular formula is C13H12N4OS3. The van der Waals surface area contributed by atoms with Crippen LogP contribution in [0.25, 0.3) is 0 Å². The number of amides is 1. The third kappa shape index (κ3) is 4.20. The van der Waals surface area contributed by atoms with Crippen molar-refractivity contribution < 1.29 is 4.79 Å². The zero-order valence-corrected chi connectivity index (χ0v) is 13.8. The first kappa shape index (κ1) is 15.8. The van der Waals surface area contributed by atoms with E-state index in [0.29, 0.717) is 11.3 Å². The molecule has 0 saturated carbocycles. The van der Waals surface area contributed by atoms with Crippen molar-refractivity contribution in [2.24, 2.45) is 0 Å². The summed E-state index contributed by atoms with van der Waals surface area (Å²) in [6, 6.07) is 8.98. The van der Waals surface area contributed by atoms with Gasteiger partial charge < -0.3 is 5.32 Å². The summed E-state index contributed by atoms with van der Waals surface area (Å²) >= 11 is 4.35. The Labute approximate surface area is 135 Å². The van der Waals surface area contributed by atoms with Crippen LogP contribution in [0.5, 0.6) is 0 Å². The molecule has 1 aromatic carbocycles. The Hall–Kier alpha value is -1.56. The van der Waals surface area contributed by atoms with E-state index in [1.165, 1.54) is 34.9 Å². The van der Waals surface area contributed by atoms with Crippen molar-refractivity contribution in [2.45, 2.75) is 20.9 Å². The number of rotatable bonds is 5. The number of aromatic nitrogens is 2. The van der Waals surface area contributed by atoms with Gasteiger partial charge in [-0.05, 0) is 25.3 Å². The quantitative estimate of drug-likeness (QED) is 0.844. The lowest BCUT2D eigenvalue weighted by atomic mass is 10.2. The Morgan fingerprint density at radius 3 is 2.76 bits per heavy atom. The summed E-state index contributed by atoms with van der Waals surface area (Å²) in [5, 5.41) is 19.5. The highest BCUT2D eigenvalue weighted by atomic mass is 32.2. The number of thioether (sulfide) groups is 2. The molecule has 1 amide bonds. The number of hydrogen-bond acceptors (Lipinski definition) is 7. The molecular weight excluding hydrogens is 324 g/mol. The van der Waals surface area contributed by atoms with Crippen LogP contribution in [0.15, 0.2) is 32.9 Å². The molecule has 2 aromatic rings. The van der Waals surface area contributed by atoms with Crippen molar-refractivity contribution in [1.29, 1.82) is 5.26 Å². The van der Waals surface area contributed by atoms with Crippen LogP contribution in [0.1, 0.15) is 12.5 Å². The molecule has 0 fully saturated rings. The molecule has 1 N–H and O–H groups in total. The van der Waals surface area contributed by atoms with Crippen LogP contribution in [0.2, 0.25) is 0 Å². The molecule has 0 bridgehead atoms. The minimum absolute atomic E-state index is 0.163. The number of hydrogen-bond donors (Lipinski definition) is 1. The van der Waals surface area contributed by atoms with Gasteiger partial charge in [0.05, 0.1) is 16.5 Å². The van der Waals surface area contributed by atoms with Gasteiger partial charge in [-0.15, -0.1) is 10.2 Å². The highest BCUT2D eigenvalue weighted by molar-refractivity contribution is 8.03. The summed E-state index contributed by atoms with van der Waals surface area (Å²) in [6.45, 7) is 1.80. The summed E-state index contributed by atoms with van der Waals surface area (Å²) in [4.78, 5) is 12.2. The smallest absolute Gasteiger partial charge is 0.237 e. The number of para-hydroxylation sites is 1. The number of carbonyl (C=O) groups excluding carboxylic acids is 1. The maximum Gasteiger partial charge on any atom is 0.237 e. The van der Waals surface area contributed by atoms with E-state index in [0.717, 1.165) is 8.68 Å². The molecule has 0 spiro atoms. The van der Waals surface area contributed by atoms with Crippen molar-refractivity contribution in [3.63, 3.8) is 0 Å². The highest BCUT2D eigenvalue weighted by Gasteiger charge is 2.18. The third-order valence-electron chi connectivity index (χ3n) is 2.51. The van der Waals surface area contributed by atoms with Gasteiger partial charge in [0.25, 0.3) is 0 Å². The summed E-state index contributed by atoms with van der Waals surface area (Å²) in [7, 11) is 0. The minimum atomic E-state index is -0.320. The van der Waals surface area contributed by atoms with Gasteiger partial charge in [-0.2, -0.15) is 5.26 Å². The van der Waals surface area contributed by atoms with E-state index in [1.54, 1.807) is 31.2 Å². The summed E-state index contributed by atoms with van der Waals surface area (Å²) < 4.78 is 1.63. The van der Waals surface area contributed by atoms with Crippen LogP contribution < -0.4 is 5.32 Å². The normalized spacial score (nSPS) is 11.7. The van der Waals surface area contributed by atoms with Gasteiger partial charge in [-0.1, -0.05) is 47.0 Å². The second kappa shape index (κ2) is 7.45. The van der Waals surface area contributed by atoms with Gasteiger partial charge in [0, 0.05) is 0 Å². The fraction of sp³-hybridized carbons (Fsp3) is 0.231. The van der Waals surface area contributed by atoms with Crippen molar-refractivity contribution in [1.82, 2.24) is 10.2 Å². The number of anilines is 1. The Morgan fingerprint density at radius 1 is 1.38 bits per heavy atom. The van der Waals surface area contributed by atoms with E-state index in [2.05, 4.69) is 21.6 Å². The van der Waals surface area contributed by atoms with E-state index < -0.39 is 0 Å². The third-order valence-corrected chi connectivity index (χ3v) is 5.60. The van der Waals surface area contributed by atoms with Crippen LogP contribution in [-0.2, 0) is 4.79 Å². The Kier molecular flexibility index (Phi) is 5.61. The molecule has 0 unspecified atom stereocenters. The Bertz CT molecular complexity index is 680. The second-order valence-corrected chi connectivity index (χ2v) is 7.56. The van der Waals surface area contributed by atoms with Crippen LogP contribution >= 0.6 is 34.9 Å². The zero-order chi connectivity index (χ0) is 15.2. The lowest BCUT2D eigenvalue weighted by molar-refractivity contribution is -0.115. The van der Waals surface area contributed by atoms with Gasteiger partial charge in [0.2, 0.25) is 5.91 Å². The van der Waals surface area contributed by atoms with Gasteiger partial charge in [0.15, 0.2) is 8.68 Å².